The Labute approximate surface area is 152 Å². The fourth-order valence-corrected chi connectivity index (χ4v) is 4.01. The van der Waals surface area contributed by atoms with Crippen LogP contribution in [0.5, 0.6) is 5.75 Å². The number of thiazole rings is 1. The second-order valence-electron chi connectivity index (χ2n) is 6.90. The highest BCUT2D eigenvalue weighted by molar-refractivity contribution is 7.15. The summed E-state index contributed by atoms with van der Waals surface area (Å²) in [6.07, 6.45) is 4.18. The van der Waals surface area contributed by atoms with Crippen molar-refractivity contribution in [2.75, 3.05) is 25.5 Å². The van der Waals surface area contributed by atoms with E-state index in [1.165, 1.54) is 4.88 Å². The molecular formula is C19H25N3O2S. The number of carbonyl (C=O) groups excluding carboxylic acids is 1. The van der Waals surface area contributed by atoms with Gasteiger partial charge in [-0.25, -0.2) is 4.98 Å². The molecule has 1 fully saturated rings. The third-order valence-electron chi connectivity index (χ3n) is 4.86. The average Bonchev–Trinajstić information content (AvgIpc) is 3.11. The molecule has 134 valence electrons. The molecule has 2 aromatic rings. The molecule has 0 saturated carbocycles. The van der Waals surface area contributed by atoms with Gasteiger partial charge < -0.3 is 15.4 Å². The Hall–Kier alpha value is -1.92. The summed E-state index contributed by atoms with van der Waals surface area (Å²) < 4.78 is 5.18. The monoisotopic (exact) mass is 359 g/mol. The summed E-state index contributed by atoms with van der Waals surface area (Å²) in [4.78, 5) is 18.5. The standard InChI is InChI=1S/C19H25N3O2S/c1-19(2,14-4-6-15(24-3)7-5-14)17(23)22-18-21-12-16(25-18)13-8-10-20-11-9-13/h4-7,12-13,20H,8-11H2,1-3H3,(H,21,22,23). The molecule has 0 aliphatic carbocycles. The van der Waals surface area contributed by atoms with Crippen LogP contribution in [-0.4, -0.2) is 31.1 Å². The third-order valence-corrected chi connectivity index (χ3v) is 5.94. The molecule has 1 saturated heterocycles. The van der Waals surface area contributed by atoms with E-state index in [1.807, 2.05) is 44.3 Å². The molecule has 5 nitrogen and oxygen atoms in total. The Balaban J connectivity index is 1.69. The maximum atomic E-state index is 12.8. The minimum Gasteiger partial charge on any atom is -0.497 e. The first-order chi connectivity index (χ1) is 12.0. The summed E-state index contributed by atoms with van der Waals surface area (Å²) in [6, 6.07) is 7.62. The summed E-state index contributed by atoms with van der Waals surface area (Å²) in [7, 11) is 1.63. The van der Waals surface area contributed by atoms with E-state index >= 15 is 0 Å². The van der Waals surface area contributed by atoms with Gasteiger partial charge in [0, 0.05) is 11.1 Å². The normalized spacial score (nSPS) is 15.8. The van der Waals surface area contributed by atoms with Crippen molar-refractivity contribution in [2.45, 2.75) is 38.0 Å². The van der Waals surface area contributed by atoms with Crippen molar-refractivity contribution < 1.29 is 9.53 Å². The second-order valence-corrected chi connectivity index (χ2v) is 7.96. The van der Waals surface area contributed by atoms with Crippen molar-refractivity contribution in [3.8, 4) is 5.75 Å². The highest BCUT2D eigenvalue weighted by Gasteiger charge is 2.30. The molecule has 0 bridgehead atoms. The molecule has 1 aromatic carbocycles. The number of hydrogen-bond donors (Lipinski definition) is 2. The number of methoxy groups -OCH3 is 1. The van der Waals surface area contributed by atoms with Crippen LogP contribution < -0.4 is 15.4 Å². The first-order valence-electron chi connectivity index (χ1n) is 8.63. The number of aromatic nitrogens is 1. The van der Waals surface area contributed by atoms with Gasteiger partial charge in [0.25, 0.3) is 0 Å². The summed E-state index contributed by atoms with van der Waals surface area (Å²) in [5.74, 6) is 1.29. The molecule has 2 N–H and O–H groups in total. The van der Waals surface area contributed by atoms with Gasteiger partial charge in [-0.2, -0.15) is 0 Å². The molecule has 6 heteroatoms. The summed E-state index contributed by atoms with van der Waals surface area (Å²) in [6.45, 7) is 5.94. The minimum atomic E-state index is -0.646. The fourth-order valence-electron chi connectivity index (χ4n) is 3.03. The van der Waals surface area contributed by atoms with Crippen LogP contribution in [0, 0.1) is 0 Å². The molecule has 0 spiro atoms. The van der Waals surface area contributed by atoms with Crippen LogP contribution in [0.1, 0.15) is 43.0 Å². The maximum absolute atomic E-state index is 12.8. The van der Waals surface area contributed by atoms with E-state index in [1.54, 1.807) is 18.4 Å². The van der Waals surface area contributed by atoms with Gasteiger partial charge in [0.1, 0.15) is 5.75 Å². The van der Waals surface area contributed by atoms with Gasteiger partial charge in [0.15, 0.2) is 5.13 Å². The number of rotatable bonds is 5. The largest absolute Gasteiger partial charge is 0.497 e. The number of piperidine rings is 1. The summed E-state index contributed by atoms with van der Waals surface area (Å²) in [5, 5.41) is 7.05. The van der Waals surface area contributed by atoms with Crippen molar-refractivity contribution in [1.29, 1.82) is 0 Å². The summed E-state index contributed by atoms with van der Waals surface area (Å²) >= 11 is 1.59. The number of carbonyl (C=O) groups is 1. The van der Waals surface area contributed by atoms with Gasteiger partial charge in [0.2, 0.25) is 5.91 Å². The number of hydrogen-bond acceptors (Lipinski definition) is 5. The highest BCUT2D eigenvalue weighted by atomic mass is 32.1. The summed E-state index contributed by atoms with van der Waals surface area (Å²) in [5.41, 5.74) is 0.299. The van der Waals surface area contributed by atoms with Crippen molar-refractivity contribution in [1.82, 2.24) is 10.3 Å². The molecule has 0 atom stereocenters. The molecule has 1 aliphatic rings. The van der Waals surface area contributed by atoms with Gasteiger partial charge in [-0.15, -0.1) is 11.3 Å². The number of nitrogens with zero attached hydrogens (tertiary/aromatic N) is 1. The van der Waals surface area contributed by atoms with E-state index in [-0.39, 0.29) is 5.91 Å². The second kappa shape index (κ2) is 7.54. The van der Waals surface area contributed by atoms with Crippen molar-refractivity contribution >= 4 is 22.4 Å². The lowest BCUT2D eigenvalue weighted by Gasteiger charge is -2.23. The fraction of sp³-hybridized carbons (Fsp3) is 0.474. The zero-order chi connectivity index (χ0) is 17.9. The molecule has 0 radical (unpaired) electrons. The number of nitrogens with one attached hydrogen (secondary N) is 2. The van der Waals surface area contributed by atoms with E-state index in [0.29, 0.717) is 11.0 Å². The van der Waals surface area contributed by atoms with Crippen LogP contribution in [0.2, 0.25) is 0 Å². The molecule has 1 aromatic heterocycles. The van der Waals surface area contributed by atoms with Crippen molar-refractivity contribution in [2.24, 2.45) is 0 Å². The Morgan fingerprint density at radius 2 is 1.96 bits per heavy atom. The van der Waals surface area contributed by atoms with Crippen LogP contribution in [0.15, 0.2) is 30.5 Å². The predicted molar refractivity (Wildman–Crippen MR) is 102 cm³/mol. The van der Waals surface area contributed by atoms with Crippen LogP contribution in [0.4, 0.5) is 5.13 Å². The molecule has 0 unspecified atom stereocenters. The molecule has 2 heterocycles. The topological polar surface area (TPSA) is 63.2 Å². The molecule has 1 aliphatic heterocycles. The Morgan fingerprint density at radius 3 is 2.60 bits per heavy atom. The quantitative estimate of drug-likeness (QED) is 0.857. The van der Waals surface area contributed by atoms with E-state index in [2.05, 4.69) is 15.6 Å². The predicted octanol–water partition coefficient (Wildman–Crippen LogP) is 3.54. The molecular weight excluding hydrogens is 334 g/mol. The number of anilines is 1. The lowest BCUT2D eigenvalue weighted by molar-refractivity contribution is -0.120. The van der Waals surface area contributed by atoms with E-state index in [4.69, 9.17) is 4.74 Å². The van der Waals surface area contributed by atoms with Crippen LogP contribution in [0.25, 0.3) is 0 Å². The van der Waals surface area contributed by atoms with E-state index in [0.717, 1.165) is 37.2 Å². The lowest BCUT2D eigenvalue weighted by Crippen LogP contribution is -2.34. The molecule has 1 amide bonds. The van der Waals surface area contributed by atoms with E-state index < -0.39 is 5.41 Å². The highest BCUT2D eigenvalue weighted by Crippen LogP contribution is 2.33. The Bertz CT molecular complexity index is 719. The van der Waals surface area contributed by atoms with Gasteiger partial charge in [-0.1, -0.05) is 12.1 Å². The molecule has 25 heavy (non-hydrogen) atoms. The number of amides is 1. The first kappa shape index (κ1) is 17.9. The molecule has 3 rings (SSSR count). The van der Waals surface area contributed by atoms with Gasteiger partial charge >= 0.3 is 0 Å². The Kier molecular flexibility index (Phi) is 5.39. The lowest BCUT2D eigenvalue weighted by atomic mass is 9.84. The van der Waals surface area contributed by atoms with Crippen LogP contribution in [0.3, 0.4) is 0 Å². The van der Waals surface area contributed by atoms with Gasteiger partial charge in [-0.05, 0) is 63.4 Å². The SMILES string of the molecule is COc1ccc(C(C)(C)C(=O)Nc2ncc(C3CCNCC3)s2)cc1. The first-order valence-corrected chi connectivity index (χ1v) is 9.45. The number of benzene rings is 1. The van der Waals surface area contributed by atoms with Crippen molar-refractivity contribution in [3.63, 3.8) is 0 Å². The zero-order valence-electron chi connectivity index (χ0n) is 15.0. The zero-order valence-corrected chi connectivity index (χ0v) is 15.8. The Morgan fingerprint density at radius 1 is 1.28 bits per heavy atom. The van der Waals surface area contributed by atoms with E-state index in [9.17, 15) is 4.79 Å². The average molecular weight is 359 g/mol. The maximum Gasteiger partial charge on any atom is 0.236 e. The van der Waals surface area contributed by atoms with Crippen molar-refractivity contribution in [3.05, 3.63) is 40.9 Å². The number of ether oxygens (including phenoxy) is 1. The van der Waals surface area contributed by atoms with Crippen LogP contribution in [-0.2, 0) is 10.2 Å². The third kappa shape index (κ3) is 4.02. The smallest absolute Gasteiger partial charge is 0.236 e. The minimum absolute atomic E-state index is 0.0520. The van der Waals surface area contributed by atoms with Gasteiger partial charge in [0.05, 0.1) is 12.5 Å². The van der Waals surface area contributed by atoms with Crippen LogP contribution >= 0.6 is 11.3 Å². The van der Waals surface area contributed by atoms with Gasteiger partial charge in [-0.3, -0.25) is 4.79 Å².